The Balaban J connectivity index is 1.11. The number of rotatable bonds is 9. The monoisotopic (exact) mass is 600 g/mol. The SMILES string of the molecule is CCCCCC1CCC(C2CCC(c3ccc(-c4ccc(C5CCC(C(F)=CC(F)(F)F)CC5)cc4)c(F)c3)CC2)CC1. The molecule has 0 aromatic heterocycles. The van der Waals surface area contributed by atoms with E-state index in [-0.39, 0.29) is 17.8 Å². The van der Waals surface area contributed by atoms with Crippen molar-refractivity contribution in [3.8, 4) is 11.1 Å². The molecule has 5 rings (SSSR count). The third-order valence-electron chi connectivity index (χ3n) is 11.1. The summed E-state index contributed by atoms with van der Waals surface area (Å²) < 4.78 is 66.9. The molecule has 0 N–H and O–H groups in total. The molecule has 0 aliphatic heterocycles. The Morgan fingerprint density at radius 3 is 1.86 bits per heavy atom. The molecule has 43 heavy (non-hydrogen) atoms. The van der Waals surface area contributed by atoms with Crippen molar-refractivity contribution < 1.29 is 22.0 Å². The van der Waals surface area contributed by atoms with Crippen LogP contribution in [0, 0.1) is 29.5 Å². The van der Waals surface area contributed by atoms with E-state index in [4.69, 9.17) is 0 Å². The molecule has 236 valence electrons. The van der Waals surface area contributed by atoms with E-state index in [1.807, 2.05) is 30.3 Å². The van der Waals surface area contributed by atoms with Gasteiger partial charge >= 0.3 is 6.18 Å². The molecule has 0 heterocycles. The molecule has 0 unspecified atom stereocenters. The van der Waals surface area contributed by atoms with Crippen LogP contribution >= 0.6 is 0 Å². The van der Waals surface area contributed by atoms with E-state index in [1.54, 1.807) is 6.07 Å². The number of unbranched alkanes of at least 4 members (excludes halogenated alkanes) is 2. The number of benzene rings is 2. The second-order valence-corrected chi connectivity index (χ2v) is 13.9. The van der Waals surface area contributed by atoms with E-state index in [1.165, 1.54) is 64.2 Å². The normalized spacial score (nSPS) is 29.0. The second kappa shape index (κ2) is 14.7. The van der Waals surface area contributed by atoms with E-state index in [9.17, 15) is 17.6 Å². The van der Waals surface area contributed by atoms with Crippen LogP contribution in [0.1, 0.15) is 133 Å². The van der Waals surface area contributed by atoms with E-state index in [0.29, 0.717) is 37.2 Å². The molecule has 0 nitrogen and oxygen atoms in total. The van der Waals surface area contributed by atoms with Crippen LogP contribution in [0.25, 0.3) is 11.1 Å². The van der Waals surface area contributed by atoms with Gasteiger partial charge in [0.1, 0.15) is 11.6 Å². The van der Waals surface area contributed by atoms with Crippen molar-refractivity contribution in [3.63, 3.8) is 0 Å². The fraction of sp³-hybridized carbons (Fsp3) is 0.632. The van der Waals surface area contributed by atoms with Crippen LogP contribution in [0.15, 0.2) is 54.4 Å². The van der Waals surface area contributed by atoms with Crippen LogP contribution in [0.4, 0.5) is 22.0 Å². The van der Waals surface area contributed by atoms with Crippen molar-refractivity contribution >= 4 is 0 Å². The molecular weight excluding hydrogens is 551 g/mol. The first-order valence-electron chi connectivity index (χ1n) is 17.0. The lowest BCUT2D eigenvalue weighted by atomic mass is 9.68. The van der Waals surface area contributed by atoms with Gasteiger partial charge < -0.3 is 0 Å². The maximum absolute atomic E-state index is 15.4. The van der Waals surface area contributed by atoms with Gasteiger partial charge in [0.15, 0.2) is 0 Å². The second-order valence-electron chi connectivity index (χ2n) is 13.9. The van der Waals surface area contributed by atoms with Crippen molar-refractivity contribution in [2.24, 2.45) is 23.7 Å². The zero-order valence-electron chi connectivity index (χ0n) is 25.8. The van der Waals surface area contributed by atoms with Gasteiger partial charge in [-0.15, -0.1) is 0 Å². The highest BCUT2D eigenvalue weighted by molar-refractivity contribution is 5.65. The Kier molecular flexibility index (Phi) is 11.0. The topological polar surface area (TPSA) is 0 Å². The van der Waals surface area contributed by atoms with Gasteiger partial charge in [-0.25, -0.2) is 8.78 Å². The zero-order chi connectivity index (χ0) is 30.4. The number of hydrogen-bond donors (Lipinski definition) is 0. The van der Waals surface area contributed by atoms with Gasteiger partial charge in [-0.05, 0) is 117 Å². The summed E-state index contributed by atoms with van der Waals surface area (Å²) in [5.41, 5.74) is 3.64. The van der Waals surface area contributed by atoms with Crippen molar-refractivity contribution in [3.05, 3.63) is 71.3 Å². The van der Waals surface area contributed by atoms with Crippen molar-refractivity contribution in [1.82, 2.24) is 0 Å². The molecule has 3 aliphatic carbocycles. The van der Waals surface area contributed by atoms with Crippen molar-refractivity contribution in [2.45, 2.75) is 128 Å². The van der Waals surface area contributed by atoms with Crippen LogP contribution < -0.4 is 0 Å². The van der Waals surface area contributed by atoms with Gasteiger partial charge in [-0.2, -0.15) is 13.2 Å². The van der Waals surface area contributed by atoms with E-state index in [0.717, 1.165) is 47.3 Å². The Hall–Kier alpha value is -2.17. The number of hydrogen-bond acceptors (Lipinski definition) is 0. The minimum absolute atomic E-state index is 0.179. The molecule has 0 bridgehead atoms. The van der Waals surface area contributed by atoms with Crippen LogP contribution in [0.2, 0.25) is 0 Å². The lowest BCUT2D eigenvalue weighted by Gasteiger charge is -2.38. The fourth-order valence-corrected chi connectivity index (χ4v) is 8.49. The highest BCUT2D eigenvalue weighted by Gasteiger charge is 2.32. The molecule has 3 fully saturated rings. The molecule has 5 heteroatoms. The third-order valence-corrected chi connectivity index (χ3v) is 11.1. The molecule has 0 saturated heterocycles. The smallest absolute Gasteiger partial charge is 0.212 e. The molecule has 0 spiro atoms. The van der Waals surface area contributed by atoms with Gasteiger partial charge in [0.25, 0.3) is 0 Å². The maximum atomic E-state index is 15.4. The number of halogens is 5. The van der Waals surface area contributed by atoms with Gasteiger partial charge in [0, 0.05) is 11.5 Å². The first kappa shape index (κ1) is 32.2. The molecule has 2 aromatic rings. The average Bonchev–Trinajstić information content (AvgIpc) is 3.01. The zero-order valence-corrected chi connectivity index (χ0v) is 25.8. The Morgan fingerprint density at radius 1 is 0.721 bits per heavy atom. The van der Waals surface area contributed by atoms with E-state index in [2.05, 4.69) is 13.0 Å². The molecule has 0 radical (unpaired) electrons. The van der Waals surface area contributed by atoms with Crippen LogP contribution in [-0.2, 0) is 0 Å². The van der Waals surface area contributed by atoms with E-state index < -0.39 is 17.9 Å². The minimum atomic E-state index is -4.62. The van der Waals surface area contributed by atoms with Gasteiger partial charge in [0.05, 0.1) is 6.08 Å². The number of alkyl halides is 3. The van der Waals surface area contributed by atoms with Crippen molar-refractivity contribution in [2.75, 3.05) is 0 Å². The predicted molar refractivity (Wildman–Crippen MR) is 166 cm³/mol. The fourth-order valence-electron chi connectivity index (χ4n) is 8.49. The summed E-state index contributed by atoms with van der Waals surface area (Å²) in [6.07, 6.45) is 13.3. The quantitative estimate of drug-likeness (QED) is 0.198. The van der Waals surface area contributed by atoms with Gasteiger partial charge in [0.2, 0.25) is 0 Å². The summed E-state index contributed by atoms with van der Waals surface area (Å²) in [6.45, 7) is 2.28. The molecular formula is C38H49F5. The highest BCUT2D eigenvalue weighted by Crippen LogP contribution is 2.45. The molecule has 3 aliphatic rings. The van der Waals surface area contributed by atoms with Gasteiger partial charge in [-0.3, -0.25) is 0 Å². The summed E-state index contributed by atoms with van der Waals surface area (Å²) >= 11 is 0. The first-order chi connectivity index (χ1) is 20.7. The standard InChI is InChI=1S/C38H49F5/c1-2-3-4-5-26-6-8-27(9-7-26)28-10-12-31(13-11-28)34-22-23-35(36(39)24-34)32-18-14-29(15-19-32)30-16-20-33(21-17-30)37(40)25-38(41,42)43/h14-15,18-19,22-28,30-31,33H,2-13,16-17,20-21H2,1H3. The Morgan fingerprint density at radius 2 is 1.28 bits per heavy atom. The molecule has 0 amide bonds. The summed E-state index contributed by atoms with van der Waals surface area (Å²) in [7, 11) is 0. The lowest BCUT2D eigenvalue weighted by Crippen LogP contribution is -2.25. The molecule has 2 aromatic carbocycles. The Bertz CT molecular complexity index is 1170. The Labute approximate surface area is 255 Å². The lowest BCUT2D eigenvalue weighted by molar-refractivity contribution is -0.0820. The molecule has 0 atom stereocenters. The van der Waals surface area contributed by atoms with Crippen molar-refractivity contribution in [1.29, 1.82) is 0 Å². The summed E-state index contributed by atoms with van der Waals surface area (Å²) in [4.78, 5) is 0. The summed E-state index contributed by atoms with van der Waals surface area (Å²) in [6, 6.07) is 13.7. The third kappa shape index (κ3) is 8.72. The molecule has 3 saturated carbocycles. The van der Waals surface area contributed by atoms with Gasteiger partial charge in [-0.1, -0.05) is 81.8 Å². The summed E-state index contributed by atoms with van der Waals surface area (Å²) in [5, 5.41) is 0. The average molecular weight is 601 g/mol. The maximum Gasteiger partial charge on any atom is 0.412 e. The first-order valence-corrected chi connectivity index (χ1v) is 17.0. The van der Waals surface area contributed by atoms with E-state index >= 15 is 4.39 Å². The number of allylic oxidation sites excluding steroid dienone is 2. The minimum Gasteiger partial charge on any atom is -0.212 e. The summed E-state index contributed by atoms with van der Waals surface area (Å²) in [5.74, 6) is 1.45. The largest absolute Gasteiger partial charge is 0.412 e. The van der Waals surface area contributed by atoms with Crippen LogP contribution in [0.3, 0.4) is 0 Å². The van der Waals surface area contributed by atoms with Crippen LogP contribution in [0.5, 0.6) is 0 Å². The highest BCUT2D eigenvalue weighted by atomic mass is 19.4. The predicted octanol–water partition coefficient (Wildman–Crippen LogP) is 12.8. The van der Waals surface area contributed by atoms with Crippen LogP contribution in [-0.4, -0.2) is 6.18 Å².